The minimum absolute atomic E-state index is 0.0935. The van der Waals surface area contributed by atoms with Crippen molar-refractivity contribution in [3.05, 3.63) is 65.8 Å². The summed E-state index contributed by atoms with van der Waals surface area (Å²) < 4.78 is 38.6. The summed E-state index contributed by atoms with van der Waals surface area (Å²) in [6, 6.07) is 8.55. The molecule has 4 aromatic rings. The fraction of sp³-hybridized carbons (Fsp3) is 0.111. The Morgan fingerprint density at radius 1 is 1.11 bits per heavy atom. The number of halogens is 2. The van der Waals surface area contributed by atoms with Crippen molar-refractivity contribution in [1.29, 1.82) is 0 Å². The molecule has 28 heavy (non-hydrogen) atoms. The van der Waals surface area contributed by atoms with Crippen molar-refractivity contribution in [2.45, 2.75) is 6.42 Å². The SMILES string of the molecule is NC(=O)c1nc(OCCc2c(-c3ccc(F)cc3)nc3ccc(F)cn23)no1. The van der Waals surface area contributed by atoms with Gasteiger partial charge in [-0.2, -0.15) is 0 Å². The Morgan fingerprint density at radius 2 is 1.86 bits per heavy atom. The van der Waals surface area contributed by atoms with Crippen LogP contribution in [0.4, 0.5) is 8.78 Å². The predicted molar refractivity (Wildman–Crippen MR) is 92.6 cm³/mol. The highest BCUT2D eigenvalue weighted by Crippen LogP contribution is 2.25. The molecule has 0 atom stereocenters. The van der Waals surface area contributed by atoms with Crippen molar-refractivity contribution in [2.75, 3.05) is 6.61 Å². The van der Waals surface area contributed by atoms with Crippen molar-refractivity contribution in [2.24, 2.45) is 5.73 Å². The first-order chi connectivity index (χ1) is 13.5. The molecule has 0 fully saturated rings. The maximum absolute atomic E-state index is 13.7. The number of hydrogen-bond acceptors (Lipinski definition) is 6. The van der Waals surface area contributed by atoms with Gasteiger partial charge in [0.1, 0.15) is 17.3 Å². The molecule has 0 aliphatic carbocycles. The van der Waals surface area contributed by atoms with Gasteiger partial charge in [0.25, 0.3) is 0 Å². The van der Waals surface area contributed by atoms with Crippen LogP contribution in [0.3, 0.4) is 0 Å². The molecule has 3 aromatic heterocycles. The molecular formula is C18H13F2N5O3. The van der Waals surface area contributed by atoms with E-state index >= 15 is 0 Å². The first-order valence-corrected chi connectivity index (χ1v) is 8.20. The number of fused-ring (bicyclic) bond motifs is 1. The second kappa shape index (κ2) is 7.06. The van der Waals surface area contributed by atoms with Crippen LogP contribution >= 0.6 is 0 Å². The molecular weight excluding hydrogens is 372 g/mol. The van der Waals surface area contributed by atoms with Crippen LogP contribution < -0.4 is 10.5 Å². The molecule has 3 heterocycles. The number of carbonyl (C=O) groups excluding carboxylic acids is 1. The minimum Gasteiger partial charge on any atom is -0.461 e. The quantitative estimate of drug-likeness (QED) is 0.546. The van der Waals surface area contributed by atoms with Crippen LogP contribution in [0.5, 0.6) is 6.01 Å². The highest BCUT2D eigenvalue weighted by atomic mass is 19.1. The van der Waals surface area contributed by atoms with E-state index in [9.17, 15) is 13.6 Å². The molecule has 0 bridgehead atoms. The molecule has 0 aliphatic rings. The number of nitrogens with zero attached hydrogens (tertiary/aromatic N) is 4. The first-order valence-electron chi connectivity index (χ1n) is 8.20. The molecule has 142 valence electrons. The van der Waals surface area contributed by atoms with Crippen molar-refractivity contribution >= 4 is 11.6 Å². The van der Waals surface area contributed by atoms with Gasteiger partial charge in [0.2, 0.25) is 0 Å². The zero-order chi connectivity index (χ0) is 19.7. The molecule has 0 unspecified atom stereocenters. The van der Waals surface area contributed by atoms with Crippen molar-refractivity contribution < 1.29 is 22.8 Å². The van der Waals surface area contributed by atoms with Gasteiger partial charge in [-0.05, 0) is 41.6 Å². The number of carbonyl (C=O) groups is 1. The summed E-state index contributed by atoms with van der Waals surface area (Å²) in [5.41, 5.74) is 7.47. The molecule has 10 heteroatoms. The van der Waals surface area contributed by atoms with Crippen LogP contribution in [0.2, 0.25) is 0 Å². The number of rotatable bonds is 6. The van der Waals surface area contributed by atoms with Crippen molar-refractivity contribution in [3.63, 3.8) is 0 Å². The van der Waals surface area contributed by atoms with E-state index < -0.39 is 11.7 Å². The van der Waals surface area contributed by atoms with Gasteiger partial charge in [0.15, 0.2) is 0 Å². The zero-order valence-electron chi connectivity index (χ0n) is 14.3. The predicted octanol–water partition coefficient (Wildman–Crippen LogP) is 2.38. The second-order valence-electron chi connectivity index (χ2n) is 5.83. The van der Waals surface area contributed by atoms with Crippen LogP contribution in [0.15, 0.2) is 47.1 Å². The van der Waals surface area contributed by atoms with Gasteiger partial charge in [-0.3, -0.25) is 4.79 Å². The minimum atomic E-state index is -0.863. The smallest absolute Gasteiger partial charge is 0.354 e. The van der Waals surface area contributed by atoms with Gasteiger partial charge < -0.3 is 19.4 Å². The lowest BCUT2D eigenvalue weighted by molar-refractivity contribution is 0.0958. The average molecular weight is 385 g/mol. The van der Waals surface area contributed by atoms with Crippen molar-refractivity contribution in [3.8, 4) is 17.3 Å². The monoisotopic (exact) mass is 385 g/mol. The highest BCUT2D eigenvalue weighted by molar-refractivity contribution is 5.87. The Hall–Kier alpha value is -3.82. The van der Waals surface area contributed by atoms with Gasteiger partial charge in [0, 0.05) is 18.2 Å². The Balaban J connectivity index is 1.63. The number of ether oxygens (including phenoxy) is 1. The molecule has 0 aliphatic heterocycles. The van der Waals surface area contributed by atoms with E-state index in [1.807, 2.05) is 0 Å². The number of nitrogens with two attached hydrogens (primary N) is 1. The van der Waals surface area contributed by atoms with E-state index in [2.05, 4.69) is 19.6 Å². The van der Waals surface area contributed by atoms with Gasteiger partial charge in [-0.25, -0.2) is 13.8 Å². The van der Waals surface area contributed by atoms with Crippen molar-refractivity contribution in [1.82, 2.24) is 19.5 Å². The van der Waals surface area contributed by atoms with Gasteiger partial charge in [0.05, 0.1) is 18.0 Å². The molecule has 4 rings (SSSR count). The maximum Gasteiger partial charge on any atom is 0.354 e. The Kier molecular flexibility index (Phi) is 4.44. The summed E-state index contributed by atoms with van der Waals surface area (Å²) >= 11 is 0. The zero-order valence-corrected chi connectivity index (χ0v) is 14.3. The summed E-state index contributed by atoms with van der Waals surface area (Å²) in [7, 11) is 0. The first kappa shape index (κ1) is 17.6. The number of imidazole rings is 1. The number of benzene rings is 1. The van der Waals surface area contributed by atoms with Crippen LogP contribution in [-0.2, 0) is 6.42 Å². The van der Waals surface area contributed by atoms with E-state index in [0.717, 1.165) is 0 Å². The van der Waals surface area contributed by atoms with E-state index in [0.29, 0.717) is 29.0 Å². The average Bonchev–Trinajstić information content (AvgIpc) is 3.28. The number of amides is 1. The van der Waals surface area contributed by atoms with Gasteiger partial charge >= 0.3 is 17.8 Å². The summed E-state index contributed by atoms with van der Waals surface area (Å²) in [6.45, 7) is 0.0935. The topological polar surface area (TPSA) is 109 Å². The molecule has 0 saturated carbocycles. The summed E-state index contributed by atoms with van der Waals surface area (Å²) in [5, 5.41) is 3.49. The molecule has 8 nitrogen and oxygen atoms in total. The van der Waals surface area contributed by atoms with Crippen LogP contribution in [-0.4, -0.2) is 32.0 Å². The second-order valence-corrected chi connectivity index (χ2v) is 5.83. The molecule has 1 amide bonds. The van der Waals surface area contributed by atoms with E-state index in [4.69, 9.17) is 10.5 Å². The number of hydrogen-bond donors (Lipinski definition) is 1. The third-order valence-electron chi connectivity index (χ3n) is 3.99. The Labute approximate surface area is 156 Å². The van der Waals surface area contributed by atoms with E-state index in [1.165, 1.54) is 24.4 Å². The summed E-state index contributed by atoms with van der Waals surface area (Å²) in [6.07, 6.45) is 1.61. The Bertz CT molecular complexity index is 1150. The Morgan fingerprint density at radius 3 is 2.57 bits per heavy atom. The standard InChI is InChI=1S/C18H13F2N5O3/c19-11-3-1-10(2-4-11)15-13(25-9-12(20)5-6-14(25)22-15)7-8-27-18-23-17(16(21)26)28-24-18/h1-6,9H,7-8H2,(H2,21,26). The number of primary amides is 1. The lowest BCUT2D eigenvalue weighted by Crippen LogP contribution is -2.11. The van der Waals surface area contributed by atoms with E-state index in [-0.39, 0.29) is 24.3 Å². The van der Waals surface area contributed by atoms with Crippen LogP contribution in [0, 0.1) is 11.6 Å². The number of pyridine rings is 1. The van der Waals surface area contributed by atoms with Gasteiger partial charge in [-0.1, -0.05) is 0 Å². The molecule has 2 N–H and O–H groups in total. The third kappa shape index (κ3) is 3.39. The van der Waals surface area contributed by atoms with Crippen LogP contribution in [0.25, 0.3) is 16.9 Å². The molecule has 0 radical (unpaired) electrons. The number of aromatic nitrogens is 4. The largest absolute Gasteiger partial charge is 0.461 e. The summed E-state index contributed by atoms with van der Waals surface area (Å²) in [4.78, 5) is 19.2. The normalized spacial score (nSPS) is 11.1. The molecule has 1 aromatic carbocycles. The van der Waals surface area contributed by atoms with Gasteiger partial charge in [-0.15, -0.1) is 4.98 Å². The van der Waals surface area contributed by atoms with Crippen LogP contribution in [0.1, 0.15) is 16.4 Å². The highest BCUT2D eigenvalue weighted by Gasteiger charge is 2.16. The lowest BCUT2D eigenvalue weighted by atomic mass is 10.1. The molecule has 0 saturated heterocycles. The maximum atomic E-state index is 13.7. The third-order valence-corrected chi connectivity index (χ3v) is 3.99. The van der Waals surface area contributed by atoms with E-state index in [1.54, 1.807) is 22.6 Å². The fourth-order valence-electron chi connectivity index (χ4n) is 2.75. The lowest BCUT2D eigenvalue weighted by Gasteiger charge is -2.06. The summed E-state index contributed by atoms with van der Waals surface area (Å²) in [5.74, 6) is -2.02. The fourth-order valence-corrected chi connectivity index (χ4v) is 2.75. The molecule has 0 spiro atoms.